The molecular formula is C16H20N4O. The van der Waals surface area contributed by atoms with Crippen molar-refractivity contribution in [1.82, 2.24) is 19.4 Å². The first-order valence-corrected chi connectivity index (χ1v) is 7.76. The Hall–Kier alpha value is -2.04. The van der Waals surface area contributed by atoms with Crippen LogP contribution in [0.25, 0.3) is 0 Å². The van der Waals surface area contributed by atoms with E-state index in [0.29, 0.717) is 12.0 Å². The van der Waals surface area contributed by atoms with Crippen LogP contribution in [0.2, 0.25) is 0 Å². The van der Waals surface area contributed by atoms with Gasteiger partial charge in [-0.3, -0.25) is 4.79 Å². The standard InChI is InChI=1S/C16H20N4O/c21-16(14-2-1-7-20(14)13-3-4-13)18-11-12-5-8-19-9-6-17-15(19)10-12/h1-2,6-7,9,12-13H,3-5,8,10-11H2,(H,18,21)/t12-/m1/s1. The van der Waals surface area contributed by atoms with Crippen molar-refractivity contribution in [3.8, 4) is 0 Å². The lowest BCUT2D eigenvalue weighted by Gasteiger charge is -2.23. The molecular weight excluding hydrogens is 264 g/mol. The molecule has 3 heterocycles. The van der Waals surface area contributed by atoms with E-state index < -0.39 is 0 Å². The second kappa shape index (κ2) is 5.06. The van der Waals surface area contributed by atoms with Gasteiger partial charge in [0.25, 0.3) is 5.91 Å². The third-order valence-electron chi connectivity index (χ3n) is 4.55. The highest BCUT2D eigenvalue weighted by Gasteiger charge is 2.27. The van der Waals surface area contributed by atoms with E-state index in [0.717, 1.165) is 37.4 Å². The fourth-order valence-electron chi connectivity index (χ4n) is 3.17. The molecule has 0 bridgehead atoms. The molecule has 5 heteroatoms. The lowest BCUT2D eigenvalue weighted by molar-refractivity contribution is 0.0935. The molecule has 4 rings (SSSR count). The van der Waals surface area contributed by atoms with Crippen LogP contribution in [0, 0.1) is 5.92 Å². The molecule has 2 aromatic rings. The van der Waals surface area contributed by atoms with E-state index in [1.54, 1.807) is 0 Å². The van der Waals surface area contributed by atoms with Crippen LogP contribution in [-0.4, -0.2) is 26.6 Å². The number of hydrogen-bond donors (Lipinski definition) is 1. The minimum absolute atomic E-state index is 0.0563. The zero-order valence-electron chi connectivity index (χ0n) is 12.0. The molecule has 1 aliphatic carbocycles. The summed E-state index contributed by atoms with van der Waals surface area (Å²) in [5.41, 5.74) is 0.801. The number of carbonyl (C=O) groups is 1. The van der Waals surface area contributed by atoms with Crippen molar-refractivity contribution in [3.63, 3.8) is 0 Å². The van der Waals surface area contributed by atoms with Crippen LogP contribution in [0.1, 0.15) is 41.6 Å². The maximum Gasteiger partial charge on any atom is 0.267 e. The molecule has 0 spiro atoms. The van der Waals surface area contributed by atoms with Gasteiger partial charge < -0.3 is 14.5 Å². The summed E-state index contributed by atoms with van der Waals surface area (Å²) in [7, 11) is 0. The lowest BCUT2D eigenvalue weighted by Crippen LogP contribution is -2.34. The van der Waals surface area contributed by atoms with E-state index >= 15 is 0 Å². The molecule has 2 aliphatic rings. The Kier molecular flexibility index (Phi) is 3.05. The first kappa shape index (κ1) is 12.7. The SMILES string of the molecule is O=C(NC[C@@H]1CCn2ccnc2C1)c1cccn1C1CC1. The van der Waals surface area contributed by atoms with E-state index in [2.05, 4.69) is 19.4 Å². The normalized spacial score (nSPS) is 21.0. The monoisotopic (exact) mass is 284 g/mol. The summed E-state index contributed by atoms with van der Waals surface area (Å²) in [6.07, 6.45) is 10.4. The number of nitrogens with one attached hydrogen (secondary N) is 1. The first-order valence-electron chi connectivity index (χ1n) is 7.76. The average molecular weight is 284 g/mol. The van der Waals surface area contributed by atoms with Gasteiger partial charge in [0.05, 0.1) is 0 Å². The van der Waals surface area contributed by atoms with Crippen LogP contribution < -0.4 is 5.32 Å². The van der Waals surface area contributed by atoms with Crippen LogP contribution in [0.15, 0.2) is 30.7 Å². The molecule has 1 atom stereocenters. The summed E-state index contributed by atoms with van der Waals surface area (Å²) < 4.78 is 4.32. The predicted octanol–water partition coefficient (Wildman–Crippen LogP) is 2.01. The van der Waals surface area contributed by atoms with Crippen molar-refractivity contribution in [1.29, 1.82) is 0 Å². The Labute approximate surface area is 124 Å². The molecule has 0 radical (unpaired) electrons. The van der Waals surface area contributed by atoms with Crippen LogP contribution in [0.4, 0.5) is 0 Å². The Morgan fingerprint density at radius 1 is 1.33 bits per heavy atom. The summed E-state index contributed by atoms with van der Waals surface area (Å²) in [6.45, 7) is 1.75. The number of rotatable bonds is 4. The summed E-state index contributed by atoms with van der Waals surface area (Å²) in [6, 6.07) is 4.43. The van der Waals surface area contributed by atoms with Gasteiger partial charge in [-0.25, -0.2) is 4.98 Å². The van der Waals surface area contributed by atoms with Crippen LogP contribution >= 0.6 is 0 Å². The maximum atomic E-state index is 12.3. The van der Waals surface area contributed by atoms with Gasteiger partial charge in [0, 0.05) is 44.1 Å². The number of carbonyl (C=O) groups excluding carboxylic acids is 1. The Balaban J connectivity index is 1.36. The van der Waals surface area contributed by atoms with Crippen molar-refractivity contribution in [2.45, 2.75) is 38.3 Å². The largest absolute Gasteiger partial charge is 0.350 e. The van der Waals surface area contributed by atoms with Gasteiger partial charge in [-0.2, -0.15) is 0 Å². The number of hydrogen-bond acceptors (Lipinski definition) is 2. The molecule has 1 fully saturated rings. The predicted molar refractivity (Wildman–Crippen MR) is 79.1 cm³/mol. The lowest BCUT2D eigenvalue weighted by atomic mass is 9.98. The van der Waals surface area contributed by atoms with E-state index in [1.807, 2.05) is 30.7 Å². The smallest absolute Gasteiger partial charge is 0.267 e. The van der Waals surface area contributed by atoms with Crippen molar-refractivity contribution >= 4 is 5.91 Å². The Morgan fingerprint density at radius 3 is 3.10 bits per heavy atom. The molecule has 0 saturated heterocycles. The first-order chi connectivity index (χ1) is 10.3. The quantitative estimate of drug-likeness (QED) is 0.933. The van der Waals surface area contributed by atoms with Gasteiger partial charge in [0.2, 0.25) is 0 Å². The molecule has 1 saturated carbocycles. The third-order valence-corrected chi connectivity index (χ3v) is 4.55. The molecule has 0 unspecified atom stereocenters. The highest BCUT2D eigenvalue weighted by Crippen LogP contribution is 2.36. The topological polar surface area (TPSA) is 51.9 Å². The number of aryl methyl sites for hydroxylation is 1. The highest BCUT2D eigenvalue weighted by molar-refractivity contribution is 5.92. The molecule has 110 valence electrons. The van der Waals surface area contributed by atoms with Gasteiger partial charge in [0.1, 0.15) is 11.5 Å². The Bertz CT molecular complexity index is 653. The molecule has 5 nitrogen and oxygen atoms in total. The molecule has 1 amide bonds. The number of fused-ring (bicyclic) bond motifs is 1. The number of amides is 1. The van der Waals surface area contributed by atoms with Gasteiger partial charge >= 0.3 is 0 Å². The van der Waals surface area contributed by atoms with E-state index in [9.17, 15) is 4.79 Å². The van der Waals surface area contributed by atoms with Crippen molar-refractivity contribution in [3.05, 3.63) is 42.2 Å². The van der Waals surface area contributed by atoms with Crippen LogP contribution in [0.5, 0.6) is 0 Å². The molecule has 21 heavy (non-hydrogen) atoms. The van der Waals surface area contributed by atoms with Gasteiger partial charge in [-0.15, -0.1) is 0 Å². The van der Waals surface area contributed by atoms with Gasteiger partial charge in [-0.05, 0) is 37.3 Å². The number of aromatic nitrogens is 3. The summed E-state index contributed by atoms with van der Waals surface area (Å²) >= 11 is 0. The molecule has 1 N–H and O–H groups in total. The third kappa shape index (κ3) is 2.48. The number of imidazole rings is 1. The second-order valence-electron chi connectivity index (χ2n) is 6.14. The van der Waals surface area contributed by atoms with Gasteiger partial charge in [0.15, 0.2) is 0 Å². The molecule has 1 aliphatic heterocycles. The van der Waals surface area contributed by atoms with Crippen molar-refractivity contribution < 1.29 is 4.79 Å². The molecule has 0 aromatic carbocycles. The van der Waals surface area contributed by atoms with E-state index in [1.165, 1.54) is 12.8 Å². The highest BCUT2D eigenvalue weighted by atomic mass is 16.1. The number of nitrogens with zero attached hydrogens (tertiary/aromatic N) is 3. The van der Waals surface area contributed by atoms with E-state index in [-0.39, 0.29) is 5.91 Å². The van der Waals surface area contributed by atoms with Crippen molar-refractivity contribution in [2.75, 3.05) is 6.54 Å². The minimum Gasteiger partial charge on any atom is -0.350 e. The molecule has 2 aromatic heterocycles. The maximum absolute atomic E-state index is 12.3. The van der Waals surface area contributed by atoms with Crippen molar-refractivity contribution in [2.24, 2.45) is 5.92 Å². The van der Waals surface area contributed by atoms with Crippen LogP contribution in [0.3, 0.4) is 0 Å². The minimum atomic E-state index is 0.0563. The summed E-state index contributed by atoms with van der Waals surface area (Å²) in [5.74, 6) is 1.69. The Morgan fingerprint density at radius 2 is 2.24 bits per heavy atom. The average Bonchev–Trinajstić information content (AvgIpc) is 3.04. The van der Waals surface area contributed by atoms with Gasteiger partial charge in [-0.1, -0.05) is 0 Å². The summed E-state index contributed by atoms with van der Waals surface area (Å²) in [4.78, 5) is 16.7. The van der Waals surface area contributed by atoms with E-state index in [4.69, 9.17) is 0 Å². The zero-order valence-corrected chi connectivity index (χ0v) is 12.0. The zero-order chi connectivity index (χ0) is 14.2. The summed E-state index contributed by atoms with van der Waals surface area (Å²) in [5, 5.41) is 3.10. The fourth-order valence-corrected chi connectivity index (χ4v) is 3.17. The second-order valence-corrected chi connectivity index (χ2v) is 6.14. The fraction of sp³-hybridized carbons (Fsp3) is 0.500. The van der Waals surface area contributed by atoms with Crippen LogP contribution in [-0.2, 0) is 13.0 Å².